The van der Waals surface area contributed by atoms with E-state index in [1.165, 1.54) is 15.4 Å². The predicted octanol–water partition coefficient (Wildman–Crippen LogP) is 1.65. The normalized spacial score (nSPS) is 17.5. The second kappa shape index (κ2) is 10.4. The Balaban J connectivity index is 1.69. The molecule has 0 radical (unpaired) electrons. The first-order valence-electron chi connectivity index (χ1n) is 11.0. The van der Waals surface area contributed by atoms with Gasteiger partial charge in [0.15, 0.2) is 0 Å². The third-order valence-corrected chi connectivity index (χ3v) is 6.93. The summed E-state index contributed by atoms with van der Waals surface area (Å²) in [5, 5.41) is 8.96. The Morgan fingerprint density at radius 3 is 2.66 bits per heavy atom. The molecule has 2 saturated heterocycles. The van der Waals surface area contributed by atoms with Gasteiger partial charge in [0, 0.05) is 38.9 Å². The van der Waals surface area contributed by atoms with Crippen LogP contribution in [0, 0.1) is 0 Å². The van der Waals surface area contributed by atoms with E-state index in [1.54, 1.807) is 36.2 Å². The van der Waals surface area contributed by atoms with E-state index in [1.807, 2.05) is 4.90 Å². The highest BCUT2D eigenvalue weighted by molar-refractivity contribution is 8.26. The highest BCUT2D eigenvalue weighted by Crippen LogP contribution is 2.33. The van der Waals surface area contributed by atoms with Crippen molar-refractivity contribution in [3.8, 4) is 0 Å². The molecular weight excluding hydrogens is 494 g/mol. The molecule has 0 spiro atoms. The summed E-state index contributed by atoms with van der Waals surface area (Å²) in [4.78, 5) is 59.0. The zero-order valence-corrected chi connectivity index (χ0v) is 20.5. The fraction of sp³-hybridized carbons (Fsp3) is 0.364. The van der Waals surface area contributed by atoms with Crippen LogP contribution in [0.3, 0.4) is 0 Å². The van der Waals surface area contributed by atoms with Crippen molar-refractivity contribution in [3.05, 3.63) is 45.2 Å². The number of carboxylic acid groups (broad SMARTS) is 1. The number of pyridine rings is 1. The van der Waals surface area contributed by atoms with Gasteiger partial charge in [0.1, 0.15) is 15.8 Å². The van der Waals surface area contributed by atoms with Crippen LogP contribution >= 0.6 is 24.0 Å². The Bertz CT molecular complexity index is 1280. The largest absolute Gasteiger partial charge is 0.481 e. The number of thioether (sulfide) groups is 1. The minimum atomic E-state index is -1.04. The Morgan fingerprint density at radius 2 is 1.97 bits per heavy atom. The fourth-order valence-electron chi connectivity index (χ4n) is 3.81. The number of fused-ring (bicyclic) bond motifs is 1. The van der Waals surface area contributed by atoms with Gasteiger partial charge >= 0.3 is 12.1 Å². The van der Waals surface area contributed by atoms with Gasteiger partial charge in [-0.1, -0.05) is 30.0 Å². The summed E-state index contributed by atoms with van der Waals surface area (Å²) in [6.07, 6.45) is 2.45. The van der Waals surface area contributed by atoms with Gasteiger partial charge in [-0.05, 0) is 25.1 Å². The maximum absolute atomic E-state index is 13.4. The maximum Gasteiger partial charge on any atom is 0.409 e. The molecule has 184 valence electrons. The van der Waals surface area contributed by atoms with Crippen LogP contribution in [0.4, 0.5) is 10.6 Å². The Hall–Kier alpha value is -3.45. The van der Waals surface area contributed by atoms with E-state index in [4.69, 9.17) is 27.0 Å². The second-order valence-electron chi connectivity index (χ2n) is 7.73. The molecular formula is C22H23N5O6S2. The highest BCUT2D eigenvalue weighted by Gasteiger charge is 2.33. The molecule has 0 atom stereocenters. The minimum Gasteiger partial charge on any atom is -0.481 e. The molecule has 13 heteroatoms. The van der Waals surface area contributed by atoms with Crippen molar-refractivity contribution in [2.45, 2.75) is 13.3 Å². The number of nitrogens with zero attached hydrogens (tertiary/aromatic N) is 5. The van der Waals surface area contributed by atoms with E-state index in [0.29, 0.717) is 37.6 Å². The molecule has 11 nitrogen and oxygen atoms in total. The summed E-state index contributed by atoms with van der Waals surface area (Å²) >= 11 is 6.28. The number of carbonyl (C=O) groups is 3. The van der Waals surface area contributed by atoms with Crippen LogP contribution in [0.15, 0.2) is 34.1 Å². The topological polar surface area (TPSA) is 125 Å². The highest BCUT2D eigenvalue weighted by atomic mass is 32.2. The molecule has 4 rings (SSSR count). The van der Waals surface area contributed by atoms with Crippen LogP contribution in [-0.2, 0) is 14.3 Å². The van der Waals surface area contributed by atoms with Crippen LogP contribution in [-0.4, -0.2) is 85.9 Å². The molecule has 2 aromatic heterocycles. The van der Waals surface area contributed by atoms with Gasteiger partial charge < -0.3 is 19.6 Å². The number of aliphatic carboxylic acids is 1. The molecule has 1 N–H and O–H groups in total. The molecule has 2 aliphatic heterocycles. The van der Waals surface area contributed by atoms with E-state index in [0.717, 1.165) is 11.8 Å². The molecule has 0 unspecified atom stereocenters. The number of rotatable bonds is 6. The van der Waals surface area contributed by atoms with Gasteiger partial charge in [0.05, 0.1) is 23.5 Å². The summed E-state index contributed by atoms with van der Waals surface area (Å²) in [5.74, 6) is -1.08. The summed E-state index contributed by atoms with van der Waals surface area (Å²) in [5.41, 5.74) is 0.317. The maximum atomic E-state index is 13.4. The van der Waals surface area contributed by atoms with Crippen molar-refractivity contribution in [1.82, 2.24) is 19.2 Å². The van der Waals surface area contributed by atoms with Gasteiger partial charge in [-0.2, -0.15) is 0 Å². The van der Waals surface area contributed by atoms with Crippen molar-refractivity contribution in [1.29, 1.82) is 0 Å². The Labute approximate surface area is 210 Å². The number of thiocarbonyl (C=S) groups is 1. The summed E-state index contributed by atoms with van der Waals surface area (Å²) in [7, 11) is 0. The molecule has 2 aromatic rings. The number of ether oxygens (including phenoxy) is 1. The van der Waals surface area contributed by atoms with Crippen LogP contribution in [0.1, 0.15) is 18.9 Å². The van der Waals surface area contributed by atoms with Gasteiger partial charge in [-0.25, -0.2) is 9.78 Å². The average Bonchev–Trinajstić information content (AvgIpc) is 3.11. The number of amides is 2. The molecule has 0 aromatic carbocycles. The van der Waals surface area contributed by atoms with Gasteiger partial charge in [-0.15, -0.1) is 0 Å². The van der Waals surface area contributed by atoms with E-state index in [9.17, 15) is 19.2 Å². The first-order chi connectivity index (χ1) is 16.8. The monoisotopic (exact) mass is 517 g/mol. The van der Waals surface area contributed by atoms with Crippen molar-refractivity contribution in [3.63, 3.8) is 0 Å². The Kier molecular flexibility index (Phi) is 7.36. The summed E-state index contributed by atoms with van der Waals surface area (Å²) < 4.78 is 6.71. The summed E-state index contributed by atoms with van der Waals surface area (Å²) in [6.45, 7) is 3.63. The quantitative estimate of drug-likeness (QED) is 0.447. The number of aromatic nitrogens is 2. The number of anilines is 1. The van der Waals surface area contributed by atoms with Crippen molar-refractivity contribution in [2.75, 3.05) is 44.2 Å². The first-order valence-corrected chi connectivity index (χ1v) is 12.2. The van der Waals surface area contributed by atoms with Crippen LogP contribution in [0.5, 0.6) is 0 Å². The molecule has 0 bridgehead atoms. The molecule has 2 fully saturated rings. The lowest BCUT2D eigenvalue weighted by Gasteiger charge is -2.35. The number of hydrogen-bond donors (Lipinski definition) is 1. The predicted molar refractivity (Wildman–Crippen MR) is 134 cm³/mol. The van der Waals surface area contributed by atoms with Gasteiger partial charge in [0.2, 0.25) is 0 Å². The van der Waals surface area contributed by atoms with E-state index < -0.39 is 11.9 Å². The van der Waals surface area contributed by atoms with E-state index in [-0.39, 0.29) is 46.0 Å². The zero-order chi connectivity index (χ0) is 25.1. The van der Waals surface area contributed by atoms with Gasteiger partial charge in [-0.3, -0.25) is 23.7 Å². The number of carbonyl (C=O) groups excluding carboxylic acids is 2. The molecule has 2 aliphatic rings. The third kappa shape index (κ3) is 5.15. The summed E-state index contributed by atoms with van der Waals surface area (Å²) in [6, 6.07) is 5.20. The fourth-order valence-corrected chi connectivity index (χ4v) is 5.10. The van der Waals surface area contributed by atoms with Crippen molar-refractivity contribution >= 4 is 63.8 Å². The van der Waals surface area contributed by atoms with Crippen molar-refractivity contribution in [2.24, 2.45) is 0 Å². The van der Waals surface area contributed by atoms with Crippen LogP contribution < -0.4 is 10.5 Å². The molecule has 4 heterocycles. The first kappa shape index (κ1) is 24.7. The zero-order valence-electron chi connectivity index (χ0n) is 18.9. The number of hydrogen-bond acceptors (Lipinski definition) is 9. The molecule has 0 aliphatic carbocycles. The van der Waals surface area contributed by atoms with E-state index in [2.05, 4.69) is 0 Å². The molecule has 35 heavy (non-hydrogen) atoms. The average molecular weight is 518 g/mol. The van der Waals surface area contributed by atoms with Crippen molar-refractivity contribution < 1.29 is 24.2 Å². The standard InChI is InChI=1S/C22H23N5O6S2/c1-2-33-21(32)25-11-9-24(10-12-25)18-14(19(30)26-7-4-3-5-16(26)23-18)13-15-20(31)27(22(34)35-15)8-6-17(28)29/h3-5,7,13H,2,6,8-12H2,1H3,(H,28,29). The SMILES string of the molecule is CCOC(=O)N1CCN(c2nc3ccccn3c(=O)c2C=C2SC(=S)N(CCC(=O)O)C2=O)CC1. The van der Waals surface area contributed by atoms with E-state index >= 15 is 0 Å². The third-order valence-electron chi connectivity index (χ3n) is 5.55. The minimum absolute atomic E-state index is 0.0467. The molecule has 0 saturated carbocycles. The van der Waals surface area contributed by atoms with Crippen LogP contribution in [0.2, 0.25) is 0 Å². The number of carboxylic acids is 1. The Morgan fingerprint density at radius 1 is 1.23 bits per heavy atom. The smallest absolute Gasteiger partial charge is 0.409 e. The lowest BCUT2D eigenvalue weighted by atomic mass is 10.2. The lowest BCUT2D eigenvalue weighted by Crippen LogP contribution is -2.49. The lowest BCUT2D eigenvalue weighted by molar-refractivity contribution is -0.137. The second-order valence-corrected chi connectivity index (χ2v) is 9.41. The molecule has 2 amide bonds. The van der Waals surface area contributed by atoms with Gasteiger partial charge in [0.25, 0.3) is 11.5 Å². The van der Waals surface area contributed by atoms with Crippen LogP contribution in [0.25, 0.3) is 11.7 Å². The number of piperazine rings is 1.